The van der Waals surface area contributed by atoms with Crippen molar-refractivity contribution >= 4 is 17.1 Å². The summed E-state index contributed by atoms with van der Waals surface area (Å²) in [6, 6.07) is 11.2. The van der Waals surface area contributed by atoms with Gasteiger partial charge in [-0.25, -0.2) is 4.98 Å². The zero-order valence-corrected chi connectivity index (χ0v) is 10.3. The molecule has 94 valence electrons. The molecule has 0 bridgehead atoms. The average Bonchev–Trinajstić information content (AvgIpc) is 2.95. The Morgan fingerprint density at radius 2 is 2.11 bits per heavy atom. The molecule has 4 heteroatoms. The number of carbonyl (C=O) groups excluding carboxylic acids is 1. The predicted octanol–water partition coefficient (Wildman–Crippen LogP) is 3.32. The molecule has 0 radical (unpaired) electrons. The Bertz CT molecular complexity index is 746. The highest BCUT2D eigenvalue weighted by Gasteiger charge is 2.08. The molecule has 4 nitrogen and oxygen atoms in total. The van der Waals surface area contributed by atoms with Gasteiger partial charge in [0.1, 0.15) is 5.76 Å². The summed E-state index contributed by atoms with van der Waals surface area (Å²) < 4.78 is 10.7. The number of hydrogen-bond acceptors (Lipinski definition) is 4. The molecule has 3 rings (SSSR count). The molecule has 0 fully saturated rings. The largest absolute Gasteiger partial charge is 0.481 e. The summed E-state index contributed by atoms with van der Waals surface area (Å²) in [5, 5.41) is 1.95. The Morgan fingerprint density at radius 1 is 1.21 bits per heavy atom. The highest BCUT2D eigenvalue weighted by Crippen LogP contribution is 2.29. The fourth-order valence-corrected chi connectivity index (χ4v) is 2.03. The molecule has 0 aliphatic carbocycles. The molecule has 0 saturated carbocycles. The van der Waals surface area contributed by atoms with E-state index in [9.17, 15) is 4.79 Å². The highest BCUT2D eigenvalue weighted by molar-refractivity contribution is 5.90. The Kier molecular flexibility index (Phi) is 2.76. The van der Waals surface area contributed by atoms with Crippen molar-refractivity contribution in [1.82, 2.24) is 4.98 Å². The fraction of sp³-hybridized carbons (Fsp3) is 0.0667. The lowest BCUT2D eigenvalue weighted by atomic mass is 10.1. The number of aldehydes is 1. The van der Waals surface area contributed by atoms with Crippen LogP contribution in [0.1, 0.15) is 10.6 Å². The number of pyridine rings is 1. The third kappa shape index (κ3) is 1.97. The molecule has 0 aliphatic heterocycles. The topological polar surface area (TPSA) is 52.3 Å². The molecule has 0 atom stereocenters. The van der Waals surface area contributed by atoms with E-state index < -0.39 is 0 Å². The first-order valence-electron chi connectivity index (χ1n) is 5.80. The standard InChI is InChI=1S/C15H11NO3/c1-18-15-13-8-11(3-2-10(13)6-7-16-15)14-5-4-12(9-17)19-14/h2-9H,1H3. The first-order valence-corrected chi connectivity index (χ1v) is 5.80. The summed E-state index contributed by atoms with van der Waals surface area (Å²) in [6.45, 7) is 0. The maximum Gasteiger partial charge on any atom is 0.221 e. The molecule has 0 N–H and O–H groups in total. The second-order valence-electron chi connectivity index (χ2n) is 4.08. The van der Waals surface area contributed by atoms with E-state index in [1.807, 2.05) is 24.3 Å². The van der Waals surface area contributed by atoms with Crippen molar-refractivity contribution in [3.63, 3.8) is 0 Å². The Labute approximate surface area is 109 Å². The van der Waals surface area contributed by atoms with Crippen LogP contribution in [0.3, 0.4) is 0 Å². The van der Waals surface area contributed by atoms with Gasteiger partial charge in [0.15, 0.2) is 12.0 Å². The van der Waals surface area contributed by atoms with Crippen LogP contribution in [0.25, 0.3) is 22.1 Å². The van der Waals surface area contributed by atoms with Crippen LogP contribution >= 0.6 is 0 Å². The number of rotatable bonds is 3. The lowest BCUT2D eigenvalue weighted by Crippen LogP contribution is -1.88. The molecule has 0 spiro atoms. The minimum absolute atomic E-state index is 0.313. The SMILES string of the molecule is COc1nccc2ccc(-c3ccc(C=O)o3)cc12. The second-order valence-corrected chi connectivity index (χ2v) is 4.08. The number of furan rings is 1. The highest BCUT2D eigenvalue weighted by atomic mass is 16.5. The van der Waals surface area contributed by atoms with Crippen molar-refractivity contribution in [2.45, 2.75) is 0 Å². The number of carbonyl (C=O) groups is 1. The lowest BCUT2D eigenvalue weighted by molar-refractivity contribution is 0.110. The minimum atomic E-state index is 0.313. The van der Waals surface area contributed by atoms with Crippen LogP contribution in [-0.2, 0) is 0 Å². The van der Waals surface area contributed by atoms with Gasteiger partial charge < -0.3 is 9.15 Å². The van der Waals surface area contributed by atoms with Gasteiger partial charge in [-0.15, -0.1) is 0 Å². The van der Waals surface area contributed by atoms with E-state index in [-0.39, 0.29) is 0 Å². The Hall–Kier alpha value is -2.62. The van der Waals surface area contributed by atoms with Crippen LogP contribution in [0.5, 0.6) is 5.88 Å². The van der Waals surface area contributed by atoms with Crippen LogP contribution in [0.4, 0.5) is 0 Å². The van der Waals surface area contributed by atoms with Gasteiger partial charge in [-0.2, -0.15) is 0 Å². The summed E-state index contributed by atoms with van der Waals surface area (Å²) in [5.74, 6) is 1.53. The van der Waals surface area contributed by atoms with Crippen molar-refractivity contribution < 1.29 is 13.9 Å². The van der Waals surface area contributed by atoms with Gasteiger partial charge in [0.2, 0.25) is 5.88 Å². The normalized spacial score (nSPS) is 10.6. The number of benzene rings is 1. The van der Waals surface area contributed by atoms with Crippen molar-refractivity contribution in [3.8, 4) is 17.2 Å². The van der Waals surface area contributed by atoms with Gasteiger partial charge in [0.25, 0.3) is 0 Å². The summed E-state index contributed by atoms with van der Waals surface area (Å²) in [5.41, 5.74) is 0.881. The minimum Gasteiger partial charge on any atom is -0.481 e. The van der Waals surface area contributed by atoms with Gasteiger partial charge in [-0.3, -0.25) is 4.79 Å². The van der Waals surface area contributed by atoms with Crippen LogP contribution in [-0.4, -0.2) is 18.4 Å². The first kappa shape index (κ1) is 11.5. The molecule has 2 heterocycles. The number of hydrogen-bond donors (Lipinski definition) is 0. The summed E-state index contributed by atoms with van der Waals surface area (Å²) in [4.78, 5) is 14.8. The van der Waals surface area contributed by atoms with E-state index in [4.69, 9.17) is 9.15 Å². The molecule has 0 amide bonds. The quantitative estimate of drug-likeness (QED) is 0.672. The molecular weight excluding hydrogens is 242 g/mol. The summed E-state index contributed by atoms with van der Waals surface area (Å²) >= 11 is 0. The zero-order valence-electron chi connectivity index (χ0n) is 10.3. The van der Waals surface area contributed by atoms with Crippen molar-refractivity contribution in [2.75, 3.05) is 7.11 Å². The smallest absolute Gasteiger partial charge is 0.221 e. The average molecular weight is 253 g/mol. The molecule has 0 aliphatic rings. The number of fused-ring (bicyclic) bond motifs is 1. The molecule has 0 unspecified atom stereocenters. The maximum absolute atomic E-state index is 10.6. The van der Waals surface area contributed by atoms with E-state index >= 15 is 0 Å². The summed E-state index contributed by atoms with van der Waals surface area (Å²) in [6.07, 6.45) is 2.39. The van der Waals surface area contributed by atoms with Gasteiger partial charge in [-0.05, 0) is 29.7 Å². The zero-order chi connectivity index (χ0) is 13.2. The number of methoxy groups -OCH3 is 1. The molecule has 3 aromatic rings. The Morgan fingerprint density at radius 3 is 2.84 bits per heavy atom. The molecular formula is C15H11NO3. The maximum atomic E-state index is 10.6. The fourth-order valence-electron chi connectivity index (χ4n) is 2.03. The molecule has 19 heavy (non-hydrogen) atoms. The van der Waals surface area contributed by atoms with Crippen molar-refractivity contribution in [1.29, 1.82) is 0 Å². The van der Waals surface area contributed by atoms with Crippen LogP contribution in [0.2, 0.25) is 0 Å². The van der Waals surface area contributed by atoms with Gasteiger partial charge in [0, 0.05) is 17.1 Å². The predicted molar refractivity (Wildman–Crippen MR) is 71.4 cm³/mol. The second kappa shape index (κ2) is 4.57. The summed E-state index contributed by atoms with van der Waals surface area (Å²) in [7, 11) is 1.59. The number of aromatic nitrogens is 1. The molecule has 1 aromatic carbocycles. The van der Waals surface area contributed by atoms with E-state index in [0.29, 0.717) is 23.7 Å². The van der Waals surface area contributed by atoms with E-state index in [2.05, 4.69) is 4.98 Å². The number of nitrogens with zero attached hydrogens (tertiary/aromatic N) is 1. The third-order valence-corrected chi connectivity index (χ3v) is 2.95. The van der Waals surface area contributed by atoms with E-state index in [1.165, 1.54) is 0 Å². The lowest BCUT2D eigenvalue weighted by Gasteiger charge is -2.05. The van der Waals surface area contributed by atoms with E-state index in [0.717, 1.165) is 16.3 Å². The van der Waals surface area contributed by atoms with Crippen molar-refractivity contribution in [3.05, 3.63) is 48.4 Å². The number of ether oxygens (including phenoxy) is 1. The van der Waals surface area contributed by atoms with Crippen LogP contribution in [0, 0.1) is 0 Å². The van der Waals surface area contributed by atoms with Crippen LogP contribution < -0.4 is 4.74 Å². The van der Waals surface area contributed by atoms with Gasteiger partial charge in [0.05, 0.1) is 7.11 Å². The third-order valence-electron chi connectivity index (χ3n) is 2.95. The first-order chi connectivity index (χ1) is 9.31. The molecule has 0 saturated heterocycles. The van der Waals surface area contributed by atoms with E-state index in [1.54, 1.807) is 25.4 Å². The van der Waals surface area contributed by atoms with Gasteiger partial charge >= 0.3 is 0 Å². The van der Waals surface area contributed by atoms with Gasteiger partial charge in [-0.1, -0.05) is 12.1 Å². The molecule has 2 aromatic heterocycles. The van der Waals surface area contributed by atoms with Crippen molar-refractivity contribution in [2.24, 2.45) is 0 Å². The Balaban J connectivity index is 2.17. The van der Waals surface area contributed by atoms with Crippen LogP contribution in [0.15, 0.2) is 47.0 Å². The monoisotopic (exact) mass is 253 g/mol.